The van der Waals surface area contributed by atoms with E-state index in [9.17, 15) is 4.79 Å². The molecule has 1 aromatic heterocycles. The Labute approximate surface area is 135 Å². The molecule has 23 heavy (non-hydrogen) atoms. The topological polar surface area (TPSA) is 57.8 Å². The van der Waals surface area contributed by atoms with Crippen LogP contribution in [0.25, 0.3) is 17.1 Å². The number of nitrogens with one attached hydrogen (secondary N) is 2. The molecule has 0 bridgehead atoms. The fraction of sp³-hybridized carbons (Fsp3) is 0.158. The van der Waals surface area contributed by atoms with Crippen molar-refractivity contribution < 1.29 is 4.79 Å². The van der Waals surface area contributed by atoms with E-state index in [2.05, 4.69) is 15.3 Å². The fourth-order valence-corrected chi connectivity index (χ4v) is 2.36. The third-order valence-electron chi connectivity index (χ3n) is 3.68. The molecule has 0 radical (unpaired) electrons. The largest absolute Gasteiger partial charge is 0.343 e. The molecule has 4 nitrogen and oxygen atoms in total. The quantitative estimate of drug-likeness (QED) is 0.721. The number of H-pyrrole nitrogens is 1. The number of benzene rings is 2. The molecule has 1 heterocycles. The summed E-state index contributed by atoms with van der Waals surface area (Å²) in [5.74, 6) is 0.613. The van der Waals surface area contributed by atoms with E-state index in [-0.39, 0.29) is 11.9 Å². The molecule has 116 valence electrons. The average Bonchev–Trinajstić information content (AvgIpc) is 2.98. The Morgan fingerprint density at radius 3 is 2.65 bits per heavy atom. The second kappa shape index (κ2) is 6.48. The van der Waals surface area contributed by atoms with Crippen LogP contribution in [0.2, 0.25) is 0 Å². The number of aryl methyl sites for hydroxylation is 1. The number of amides is 1. The van der Waals surface area contributed by atoms with Crippen LogP contribution in [0.15, 0.2) is 54.6 Å². The van der Waals surface area contributed by atoms with Crippen LogP contribution in [0.4, 0.5) is 0 Å². The second-order valence-electron chi connectivity index (χ2n) is 5.61. The van der Waals surface area contributed by atoms with Crippen LogP contribution in [-0.4, -0.2) is 15.9 Å². The number of hydrogen-bond acceptors (Lipinski definition) is 2. The number of imidazole rings is 1. The van der Waals surface area contributed by atoms with Crippen molar-refractivity contribution in [2.45, 2.75) is 19.9 Å². The highest BCUT2D eigenvalue weighted by molar-refractivity contribution is 5.92. The van der Waals surface area contributed by atoms with Gasteiger partial charge in [-0.25, -0.2) is 4.98 Å². The minimum absolute atomic E-state index is 0.140. The summed E-state index contributed by atoms with van der Waals surface area (Å²) in [4.78, 5) is 19.8. The van der Waals surface area contributed by atoms with E-state index in [0.717, 1.165) is 22.4 Å². The first-order valence-corrected chi connectivity index (χ1v) is 7.62. The van der Waals surface area contributed by atoms with Crippen molar-refractivity contribution in [3.8, 4) is 0 Å². The van der Waals surface area contributed by atoms with Gasteiger partial charge in [-0.05, 0) is 37.6 Å². The number of aromatic nitrogens is 2. The third-order valence-corrected chi connectivity index (χ3v) is 3.68. The standard InChI is InChI=1S/C19H19N3O/c1-13-7-9-15(10-8-13)11-12-18(23)20-14(2)19-21-16-5-3-4-6-17(16)22-19/h3-12,14H,1-2H3,(H,20,23)(H,21,22)/b12-11+. The Balaban J connectivity index is 1.65. The minimum Gasteiger partial charge on any atom is -0.343 e. The highest BCUT2D eigenvalue weighted by atomic mass is 16.1. The Morgan fingerprint density at radius 1 is 1.17 bits per heavy atom. The molecule has 0 saturated carbocycles. The van der Waals surface area contributed by atoms with Gasteiger partial charge in [0.15, 0.2) is 0 Å². The van der Waals surface area contributed by atoms with Crippen molar-refractivity contribution in [3.05, 3.63) is 71.6 Å². The van der Waals surface area contributed by atoms with Crippen LogP contribution in [0.1, 0.15) is 29.9 Å². The Morgan fingerprint density at radius 2 is 1.91 bits per heavy atom. The second-order valence-corrected chi connectivity index (χ2v) is 5.61. The van der Waals surface area contributed by atoms with E-state index in [0.29, 0.717) is 0 Å². The summed E-state index contributed by atoms with van der Waals surface area (Å²) in [6.07, 6.45) is 3.35. The minimum atomic E-state index is -0.183. The molecule has 2 N–H and O–H groups in total. The SMILES string of the molecule is Cc1ccc(/C=C/C(=O)NC(C)c2nc3ccccc3[nH]2)cc1. The van der Waals surface area contributed by atoms with Crippen LogP contribution in [0.3, 0.4) is 0 Å². The lowest BCUT2D eigenvalue weighted by Crippen LogP contribution is -2.25. The molecule has 0 aliphatic carbocycles. The molecule has 0 aliphatic rings. The number of aromatic amines is 1. The van der Waals surface area contributed by atoms with Gasteiger partial charge in [0, 0.05) is 6.08 Å². The van der Waals surface area contributed by atoms with Gasteiger partial charge >= 0.3 is 0 Å². The molecule has 0 spiro atoms. The Kier molecular flexibility index (Phi) is 4.24. The molecule has 4 heteroatoms. The van der Waals surface area contributed by atoms with Gasteiger partial charge in [0.05, 0.1) is 17.1 Å². The maximum Gasteiger partial charge on any atom is 0.244 e. The normalized spacial score (nSPS) is 12.6. The van der Waals surface area contributed by atoms with Crippen LogP contribution in [0, 0.1) is 6.92 Å². The van der Waals surface area contributed by atoms with Crippen molar-refractivity contribution in [1.29, 1.82) is 0 Å². The maximum absolute atomic E-state index is 12.0. The van der Waals surface area contributed by atoms with E-state index in [4.69, 9.17) is 0 Å². The molecular formula is C19H19N3O. The fourth-order valence-electron chi connectivity index (χ4n) is 2.36. The average molecular weight is 305 g/mol. The number of hydrogen-bond donors (Lipinski definition) is 2. The van der Waals surface area contributed by atoms with Gasteiger partial charge in [0.2, 0.25) is 5.91 Å². The predicted octanol–water partition coefficient (Wildman–Crippen LogP) is 3.76. The number of carbonyl (C=O) groups is 1. The number of nitrogens with zero attached hydrogens (tertiary/aromatic N) is 1. The summed E-state index contributed by atoms with van der Waals surface area (Å²) in [5.41, 5.74) is 4.07. The maximum atomic E-state index is 12.0. The first kappa shape index (κ1) is 15.0. The lowest BCUT2D eigenvalue weighted by atomic mass is 10.1. The van der Waals surface area contributed by atoms with E-state index in [1.807, 2.05) is 62.4 Å². The lowest BCUT2D eigenvalue weighted by Gasteiger charge is -2.09. The van der Waals surface area contributed by atoms with Crippen LogP contribution >= 0.6 is 0 Å². The Bertz CT molecular complexity index is 813. The van der Waals surface area contributed by atoms with Gasteiger partial charge in [-0.15, -0.1) is 0 Å². The third kappa shape index (κ3) is 3.66. The number of rotatable bonds is 4. The Hall–Kier alpha value is -2.88. The highest BCUT2D eigenvalue weighted by Crippen LogP contribution is 2.15. The molecule has 1 amide bonds. The summed E-state index contributed by atoms with van der Waals surface area (Å²) in [5, 5.41) is 2.92. The molecule has 1 unspecified atom stereocenters. The van der Waals surface area contributed by atoms with Crippen molar-refractivity contribution >= 4 is 23.0 Å². The summed E-state index contributed by atoms with van der Waals surface area (Å²) in [6.45, 7) is 3.95. The molecule has 2 aromatic carbocycles. The lowest BCUT2D eigenvalue weighted by molar-refractivity contribution is -0.117. The molecule has 1 atom stereocenters. The van der Waals surface area contributed by atoms with Gasteiger partial charge < -0.3 is 10.3 Å². The van der Waals surface area contributed by atoms with Crippen molar-refractivity contribution in [1.82, 2.24) is 15.3 Å². The predicted molar refractivity (Wildman–Crippen MR) is 92.9 cm³/mol. The van der Waals surface area contributed by atoms with Crippen molar-refractivity contribution in [2.24, 2.45) is 0 Å². The van der Waals surface area contributed by atoms with Gasteiger partial charge in [-0.1, -0.05) is 42.0 Å². The van der Waals surface area contributed by atoms with Gasteiger partial charge in [-0.3, -0.25) is 4.79 Å². The summed E-state index contributed by atoms with van der Waals surface area (Å²) >= 11 is 0. The van der Waals surface area contributed by atoms with Gasteiger partial charge in [0.25, 0.3) is 0 Å². The van der Waals surface area contributed by atoms with Crippen LogP contribution < -0.4 is 5.32 Å². The van der Waals surface area contributed by atoms with Gasteiger partial charge in [0.1, 0.15) is 5.82 Å². The highest BCUT2D eigenvalue weighted by Gasteiger charge is 2.11. The van der Waals surface area contributed by atoms with E-state index in [1.54, 1.807) is 12.2 Å². The summed E-state index contributed by atoms with van der Waals surface area (Å²) in [7, 11) is 0. The molecule has 0 fully saturated rings. The smallest absolute Gasteiger partial charge is 0.244 e. The number of fused-ring (bicyclic) bond motifs is 1. The molecule has 3 rings (SSSR count). The zero-order chi connectivity index (χ0) is 16.2. The van der Waals surface area contributed by atoms with Crippen LogP contribution in [-0.2, 0) is 4.79 Å². The van der Waals surface area contributed by atoms with E-state index < -0.39 is 0 Å². The molecule has 0 aliphatic heterocycles. The molecule has 0 saturated heterocycles. The van der Waals surface area contributed by atoms with Crippen molar-refractivity contribution in [2.75, 3.05) is 0 Å². The van der Waals surface area contributed by atoms with E-state index in [1.165, 1.54) is 5.56 Å². The number of carbonyl (C=O) groups excluding carboxylic acids is 1. The monoisotopic (exact) mass is 305 g/mol. The van der Waals surface area contributed by atoms with Crippen molar-refractivity contribution in [3.63, 3.8) is 0 Å². The summed E-state index contributed by atoms with van der Waals surface area (Å²) < 4.78 is 0. The molecule has 3 aromatic rings. The zero-order valence-corrected chi connectivity index (χ0v) is 13.2. The molecular weight excluding hydrogens is 286 g/mol. The summed E-state index contributed by atoms with van der Waals surface area (Å²) in [6, 6.07) is 15.7. The number of para-hydroxylation sites is 2. The first-order chi connectivity index (χ1) is 11.1. The first-order valence-electron chi connectivity index (χ1n) is 7.62. The van der Waals surface area contributed by atoms with E-state index >= 15 is 0 Å². The van der Waals surface area contributed by atoms with Crippen LogP contribution in [0.5, 0.6) is 0 Å². The van der Waals surface area contributed by atoms with Gasteiger partial charge in [-0.2, -0.15) is 0 Å². The zero-order valence-electron chi connectivity index (χ0n) is 13.2.